The zero-order valence-corrected chi connectivity index (χ0v) is 10.7. The van der Waals surface area contributed by atoms with Crippen LogP contribution in [-0.2, 0) is 4.79 Å². The van der Waals surface area contributed by atoms with Gasteiger partial charge in [-0.2, -0.15) is 0 Å². The van der Waals surface area contributed by atoms with Crippen molar-refractivity contribution in [2.24, 2.45) is 0 Å². The molecule has 0 spiro atoms. The van der Waals surface area contributed by atoms with Crippen LogP contribution in [0.1, 0.15) is 16.8 Å². The lowest BCUT2D eigenvalue weighted by molar-refractivity contribution is -0.385. The summed E-state index contributed by atoms with van der Waals surface area (Å²) in [7, 11) is 1.47. The van der Waals surface area contributed by atoms with Crippen LogP contribution in [0.5, 0.6) is 0 Å². The highest BCUT2D eigenvalue weighted by Crippen LogP contribution is 2.19. The van der Waals surface area contributed by atoms with Gasteiger partial charge < -0.3 is 10.6 Å². The average Bonchev–Trinajstić information content (AvgIpc) is 2.37. The van der Waals surface area contributed by atoms with E-state index in [9.17, 15) is 19.7 Å². The molecule has 0 aliphatic heterocycles. The van der Waals surface area contributed by atoms with Crippen LogP contribution in [0.15, 0.2) is 12.3 Å². The molecule has 2 N–H and O–H groups in total. The van der Waals surface area contributed by atoms with E-state index in [-0.39, 0.29) is 29.6 Å². The van der Waals surface area contributed by atoms with E-state index in [0.717, 1.165) is 12.3 Å². The van der Waals surface area contributed by atoms with Crippen LogP contribution < -0.4 is 10.6 Å². The molecule has 1 heterocycles. The van der Waals surface area contributed by atoms with Gasteiger partial charge in [-0.05, 0) is 6.07 Å². The minimum absolute atomic E-state index is 0.0259. The van der Waals surface area contributed by atoms with Crippen LogP contribution in [0.3, 0.4) is 0 Å². The summed E-state index contributed by atoms with van der Waals surface area (Å²) < 4.78 is 0. The Hall–Kier alpha value is -2.22. The predicted molar refractivity (Wildman–Crippen MR) is 66.9 cm³/mol. The summed E-state index contributed by atoms with van der Waals surface area (Å²) >= 11 is 5.59. The summed E-state index contributed by atoms with van der Waals surface area (Å²) in [5.74, 6) is -0.928. The molecular weight excluding hydrogens is 276 g/mol. The quantitative estimate of drug-likeness (QED) is 0.465. The Kier molecular flexibility index (Phi) is 5.19. The summed E-state index contributed by atoms with van der Waals surface area (Å²) in [6.45, 7) is 0.0651. The molecule has 0 aliphatic carbocycles. The van der Waals surface area contributed by atoms with E-state index < -0.39 is 16.5 Å². The maximum Gasteiger partial charge on any atom is 0.300 e. The van der Waals surface area contributed by atoms with E-state index in [1.54, 1.807) is 0 Å². The van der Waals surface area contributed by atoms with Gasteiger partial charge in [-0.3, -0.25) is 19.7 Å². The summed E-state index contributed by atoms with van der Waals surface area (Å²) in [6.07, 6.45) is 0.991. The van der Waals surface area contributed by atoms with Crippen molar-refractivity contribution in [3.8, 4) is 0 Å². The number of aromatic nitrogens is 1. The van der Waals surface area contributed by atoms with Crippen molar-refractivity contribution in [3.05, 3.63) is 33.1 Å². The number of nitrogens with zero attached hydrogens (tertiary/aromatic N) is 2. The molecule has 9 heteroatoms. The second-order valence-electron chi connectivity index (χ2n) is 3.46. The van der Waals surface area contributed by atoms with Gasteiger partial charge in [-0.1, -0.05) is 11.6 Å². The van der Waals surface area contributed by atoms with Crippen molar-refractivity contribution in [3.63, 3.8) is 0 Å². The average molecular weight is 287 g/mol. The maximum absolute atomic E-state index is 11.8. The first-order valence-corrected chi connectivity index (χ1v) is 5.62. The highest BCUT2D eigenvalue weighted by molar-refractivity contribution is 6.29. The van der Waals surface area contributed by atoms with E-state index in [1.807, 2.05) is 0 Å². The number of halogens is 1. The molecule has 1 rings (SSSR count). The minimum atomic E-state index is -0.725. The molecule has 19 heavy (non-hydrogen) atoms. The molecular formula is C10H11ClN4O4. The molecule has 0 saturated carbocycles. The number of pyridine rings is 1. The number of amides is 2. The lowest BCUT2D eigenvalue weighted by atomic mass is 10.2. The van der Waals surface area contributed by atoms with Gasteiger partial charge in [0.15, 0.2) is 0 Å². The fourth-order valence-electron chi connectivity index (χ4n) is 1.26. The maximum atomic E-state index is 11.8. The monoisotopic (exact) mass is 286 g/mol. The van der Waals surface area contributed by atoms with Crippen molar-refractivity contribution in [1.29, 1.82) is 0 Å². The van der Waals surface area contributed by atoms with Crippen molar-refractivity contribution in [2.75, 3.05) is 13.6 Å². The smallest absolute Gasteiger partial charge is 0.300 e. The van der Waals surface area contributed by atoms with Gasteiger partial charge in [-0.15, -0.1) is 0 Å². The topological polar surface area (TPSA) is 114 Å². The highest BCUT2D eigenvalue weighted by atomic mass is 35.5. The summed E-state index contributed by atoms with van der Waals surface area (Å²) in [5, 5.41) is 15.5. The van der Waals surface area contributed by atoms with Crippen molar-refractivity contribution < 1.29 is 14.5 Å². The molecule has 8 nitrogen and oxygen atoms in total. The van der Waals surface area contributed by atoms with Gasteiger partial charge in [0.05, 0.1) is 4.92 Å². The second-order valence-corrected chi connectivity index (χ2v) is 3.85. The Balaban J connectivity index is 2.78. The number of carbonyl (C=O) groups is 2. The Morgan fingerprint density at radius 1 is 1.53 bits per heavy atom. The fraction of sp³-hybridized carbons (Fsp3) is 0.300. The molecule has 1 aromatic rings. The zero-order valence-electron chi connectivity index (χ0n) is 9.97. The highest BCUT2D eigenvalue weighted by Gasteiger charge is 2.21. The third-order valence-electron chi connectivity index (χ3n) is 2.21. The molecule has 0 aromatic carbocycles. The van der Waals surface area contributed by atoms with E-state index in [0.29, 0.717) is 0 Å². The van der Waals surface area contributed by atoms with Crippen LogP contribution in [0.2, 0.25) is 5.15 Å². The van der Waals surface area contributed by atoms with Crippen LogP contribution >= 0.6 is 11.6 Å². The molecule has 0 unspecified atom stereocenters. The molecule has 1 aromatic heterocycles. The molecule has 0 fully saturated rings. The van der Waals surface area contributed by atoms with Crippen LogP contribution in [0.4, 0.5) is 5.69 Å². The van der Waals surface area contributed by atoms with Crippen molar-refractivity contribution in [1.82, 2.24) is 15.6 Å². The molecule has 2 amide bonds. The normalized spacial score (nSPS) is 9.79. The predicted octanol–water partition coefficient (Wildman–Crippen LogP) is 0.509. The van der Waals surface area contributed by atoms with E-state index in [1.165, 1.54) is 7.05 Å². The second kappa shape index (κ2) is 6.64. The molecule has 0 saturated heterocycles. The third kappa shape index (κ3) is 4.18. The zero-order chi connectivity index (χ0) is 14.4. The van der Waals surface area contributed by atoms with Crippen LogP contribution in [0, 0.1) is 10.1 Å². The lowest BCUT2D eigenvalue weighted by Gasteiger charge is -2.05. The first kappa shape index (κ1) is 14.8. The van der Waals surface area contributed by atoms with Gasteiger partial charge in [0.25, 0.3) is 11.6 Å². The molecule has 0 radical (unpaired) electrons. The van der Waals surface area contributed by atoms with Gasteiger partial charge in [0.1, 0.15) is 16.9 Å². The Bertz CT molecular complexity index is 520. The number of nitro groups is 1. The van der Waals surface area contributed by atoms with Gasteiger partial charge >= 0.3 is 0 Å². The molecule has 0 bridgehead atoms. The third-order valence-corrected chi connectivity index (χ3v) is 2.41. The van der Waals surface area contributed by atoms with Crippen molar-refractivity contribution >= 4 is 29.1 Å². The number of nitrogens with one attached hydrogen (secondary N) is 2. The van der Waals surface area contributed by atoms with E-state index in [2.05, 4.69) is 15.6 Å². The SMILES string of the molecule is CNC(=O)CCNC(=O)c1cc(Cl)ncc1[N+](=O)[O-]. The van der Waals surface area contributed by atoms with E-state index >= 15 is 0 Å². The first-order valence-electron chi connectivity index (χ1n) is 5.24. The Morgan fingerprint density at radius 3 is 2.79 bits per heavy atom. The summed E-state index contributed by atoms with van der Waals surface area (Å²) in [5.41, 5.74) is -0.635. The summed E-state index contributed by atoms with van der Waals surface area (Å²) in [4.78, 5) is 36.3. The number of hydrogen-bond acceptors (Lipinski definition) is 5. The van der Waals surface area contributed by atoms with Crippen molar-refractivity contribution in [2.45, 2.75) is 6.42 Å². The van der Waals surface area contributed by atoms with Crippen LogP contribution in [-0.4, -0.2) is 35.3 Å². The molecule has 0 aliphatic rings. The Morgan fingerprint density at radius 2 is 2.21 bits per heavy atom. The number of hydrogen-bond donors (Lipinski definition) is 2. The number of carbonyl (C=O) groups excluding carboxylic acids is 2. The number of rotatable bonds is 5. The van der Waals surface area contributed by atoms with E-state index in [4.69, 9.17) is 11.6 Å². The fourth-order valence-corrected chi connectivity index (χ4v) is 1.42. The first-order chi connectivity index (χ1) is 8.95. The molecule has 0 atom stereocenters. The summed E-state index contributed by atoms with van der Waals surface area (Å²) in [6, 6.07) is 1.11. The standard InChI is InChI=1S/C10H11ClN4O4/c1-12-9(16)2-3-13-10(17)6-4-8(11)14-5-7(6)15(18)19/h4-5H,2-3H2,1H3,(H,12,16)(H,13,17). The van der Waals surface area contributed by atoms with Crippen LogP contribution in [0.25, 0.3) is 0 Å². The minimum Gasteiger partial charge on any atom is -0.359 e. The van der Waals surface area contributed by atoms with Gasteiger partial charge in [-0.25, -0.2) is 4.98 Å². The van der Waals surface area contributed by atoms with Gasteiger partial charge in [0.2, 0.25) is 5.91 Å². The lowest BCUT2D eigenvalue weighted by Crippen LogP contribution is -2.29. The largest absolute Gasteiger partial charge is 0.359 e. The molecule has 102 valence electrons. The Labute approximate surface area is 113 Å². The van der Waals surface area contributed by atoms with Gasteiger partial charge in [0, 0.05) is 20.0 Å².